The molecule has 1 saturated carbocycles. The molecule has 0 saturated heterocycles. The summed E-state index contributed by atoms with van der Waals surface area (Å²) < 4.78 is 28.3. The summed E-state index contributed by atoms with van der Waals surface area (Å²) in [5, 5.41) is 1.48. The fourth-order valence-corrected chi connectivity index (χ4v) is 4.41. The van der Waals surface area contributed by atoms with Gasteiger partial charge in [0.2, 0.25) is 10.0 Å². The van der Waals surface area contributed by atoms with Crippen LogP contribution in [0, 0.1) is 5.92 Å². The van der Waals surface area contributed by atoms with Crippen LogP contribution in [-0.4, -0.2) is 25.5 Å². The van der Waals surface area contributed by atoms with Crippen molar-refractivity contribution in [2.45, 2.75) is 30.2 Å². The van der Waals surface area contributed by atoms with E-state index in [0.717, 1.165) is 18.2 Å². The van der Waals surface area contributed by atoms with Gasteiger partial charge in [0.1, 0.15) is 0 Å². The lowest BCUT2D eigenvalue weighted by atomic mass is 9.98. The molecule has 1 aromatic heterocycles. The quantitative estimate of drug-likeness (QED) is 0.871. The minimum atomic E-state index is -3.62. The van der Waals surface area contributed by atoms with Crippen LogP contribution in [-0.2, 0) is 10.0 Å². The maximum Gasteiger partial charge on any atom is 0.241 e. The van der Waals surface area contributed by atoms with Gasteiger partial charge in [-0.1, -0.05) is 12.1 Å². The van der Waals surface area contributed by atoms with Crippen LogP contribution < -0.4 is 10.5 Å². The first-order valence-corrected chi connectivity index (χ1v) is 8.51. The second-order valence-corrected chi connectivity index (χ2v) is 7.51. The number of nitrogens with zero attached hydrogens (tertiary/aromatic N) is 1. The number of pyridine rings is 1. The maximum atomic E-state index is 12.8. The van der Waals surface area contributed by atoms with Crippen molar-refractivity contribution in [3.05, 3.63) is 36.7 Å². The van der Waals surface area contributed by atoms with E-state index in [2.05, 4.69) is 9.71 Å². The molecular formula is C15H20ClN3O2S. The number of benzene rings is 1. The number of hydrogen-bond acceptors (Lipinski definition) is 4. The molecule has 1 fully saturated rings. The summed E-state index contributed by atoms with van der Waals surface area (Å²) in [7, 11) is -3.62. The van der Waals surface area contributed by atoms with E-state index in [0.29, 0.717) is 17.8 Å². The molecule has 1 atom stereocenters. The van der Waals surface area contributed by atoms with Gasteiger partial charge >= 0.3 is 0 Å². The zero-order chi connectivity index (χ0) is 15.1. The number of nitrogens with one attached hydrogen (secondary N) is 1. The Morgan fingerprint density at radius 1 is 1.36 bits per heavy atom. The number of hydrogen-bond donors (Lipinski definition) is 2. The standard InChI is InChI=1S/C15H19N3O2S.ClH/c1-15(10-16,12-5-6-12)18-21(19,20)14-4-2-3-11-9-17-8-7-13(11)14;/h2-4,7-9,12,18H,5-6,10,16H2,1H3;1H. The maximum absolute atomic E-state index is 12.8. The van der Waals surface area contributed by atoms with Crippen molar-refractivity contribution < 1.29 is 8.42 Å². The average molecular weight is 342 g/mol. The molecule has 1 unspecified atom stereocenters. The molecule has 1 aliphatic carbocycles. The van der Waals surface area contributed by atoms with Crippen LogP contribution in [0.1, 0.15) is 19.8 Å². The molecule has 120 valence electrons. The summed E-state index contributed by atoms with van der Waals surface area (Å²) in [4.78, 5) is 4.31. The van der Waals surface area contributed by atoms with Gasteiger partial charge in [0.15, 0.2) is 0 Å². The van der Waals surface area contributed by atoms with E-state index in [-0.39, 0.29) is 17.3 Å². The van der Waals surface area contributed by atoms with Crippen molar-refractivity contribution in [1.82, 2.24) is 9.71 Å². The molecule has 2 aromatic rings. The van der Waals surface area contributed by atoms with Crippen molar-refractivity contribution in [2.75, 3.05) is 6.54 Å². The van der Waals surface area contributed by atoms with Gasteiger partial charge in [-0.25, -0.2) is 13.1 Å². The van der Waals surface area contributed by atoms with Crippen LogP contribution in [0.3, 0.4) is 0 Å². The molecule has 3 rings (SSSR count). The van der Waals surface area contributed by atoms with Crippen LogP contribution >= 0.6 is 12.4 Å². The molecule has 0 amide bonds. The number of nitrogens with two attached hydrogens (primary N) is 1. The lowest BCUT2D eigenvalue weighted by Gasteiger charge is -2.29. The summed E-state index contributed by atoms with van der Waals surface area (Å²) in [6.45, 7) is 2.18. The molecule has 1 aliphatic rings. The van der Waals surface area contributed by atoms with Crippen molar-refractivity contribution in [1.29, 1.82) is 0 Å². The smallest absolute Gasteiger partial charge is 0.241 e. The van der Waals surface area contributed by atoms with Crippen LogP contribution in [0.2, 0.25) is 0 Å². The predicted molar refractivity (Wildman–Crippen MR) is 89.5 cm³/mol. The summed E-state index contributed by atoms with van der Waals surface area (Å²) in [6.07, 6.45) is 5.31. The summed E-state index contributed by atoms with van der Waals surface area (Å²) in [6, 6.07) is 6.93. The van der Waals surface area contributed by atoms with Crippen LogP contribution in [0.5, 0.6) is 0 Å². The number of fused-ring (bicyclic) bond motifs is 1. The number of aromatic nitrogens is 1. The number of sulfonamides is 1. The Kier molecular flexibility index (Phi) is 4.77. The van der Waals surface area contributed by atoms with Gasteiger partial charge in [-0.3, -0.25) is 4.98 Å². The first kappa shape index (κ1) is 17.1. The first-order valence-electron chi connectivity index (χ1n) is 7.03. The Balaban J connectivity index is 0.00000176. The molecule has 7 heteroatoms. The van der Waals surface area contributed by atoms with Crippen molar-refractivity contribution >= 4 is 33.2 Å². The zero-order valence-corrected chi connectivity index (χ0v) is 14.0. The molecule has 0 aliphatic heterocycles. The molecular weight excluding hydrogens is 322 g/mol. The molecule has 0 spiro atoms. The fraction of sp³-hybridized carbons (Fsp3) is 0.400. The summed E-state index contributed by atoms with van der Waals surface area (Å²) >= 11 is 0. The fourth-order valence-electron chi connectivity index (χ4n) is 2.70. The Morgan fingerprint density at radius 3 is 2.73 bits per heavy atom. The van der Waals surface area contributed by atoms with Crippen LogP contribution in [0.15, 0.2) is 41.6 Å². The second kappa shape index (κ2) is 6.12. The molecule has 0 radical (unpaired) electrons. The highest BCUT2D eigenvalue weighted by Gasteiger charge is 2.43. The molecule has 0 bridgehead atoms. The topological polar surface area (TPSA) is 85.1 Å². The van der Waals surface area contributed by atoms with E-state index in [1.165, 1.54) is 0 Å². The van der Waals surface area contributed by atoms with Gasteiger partial charge in [0.05, 0.1) is 4.90 Å². The summed E-state index contributed by atoms with van der Waals surface area (Å²) in [5.74, 6) is 0.328. The molecule has 1 heterocycles. The zero-order valence-electron chi connectivity index (χ0n) is 12.3. The third-order valence-corrected chi connectivity index (χ3v) is 5.87. The highest BCUT2D eigenvalue weighted by molar-refractivity contribution is 7.89. The molecule has 5 nitrogen and oxygen atoms in total. The third kappa shape index (κ3) is 3.10. The lowest BCUT2D eigenvalue weighted by Crippen LogP contribution is -2.52. The minimum Gasteiger partial charge on any atom is -0.329 e. The molecule has 22 heavy (non-hydrogen) atoms. The van der Waals surface area contributed by atoms with Gasteiger partial charge < -0.3 is 5.73 Å². The lowest BCUT2D eigenvalue weighted by molar-refractivity contribution is 0.374. The number of rotatable bonds is 5. The van der Waals surface area contributed by atoms with Gasteiger partial charge in [-0.2, -0.15) is 0 Å². The molecule has 3 N–H and O–H groups in total. The van der Waals surface area contributed by atoms with E-state index in [1.807, 2.05) is 13.0 Å². The monoisotopic (exact) mass is 341 g/mol. The minimum absolute atomic E-state index is 0. The van der Waals surface area contributed by atoms with E-state index in [4.69, 9.17) is 5.73 Å². The van der Waals surface area contributed by atoms with E-state index in [1.54, 1.807) is 30.6 Å². The van der Waals surface area contributed by atoms with Crippen molar-refractivity contribution in [3.63, 3.8) is 0 Å². The second-order valence-electron chi connectivity index (χ2n) is 5.85. The van der Waals surface area contributed by atoms with E-state index < -0.39 is 15.6 Å². The highest BCUT2D eigenvalue weighted by Crippen LogP contribution is 2.40. The van der Waals surface area contributed by atoms with Gasteiger partial charge in [0.25, 0.3) is 0 Å². The highest BCUT2D eigenvalue weighted by atomic mass is 35.5. The van der Waals surface area contributed by atoms with E-state index >= 15 is 0 Å². The normalized spacial score (nSPS) is 17.7. The molecule has 1 aromatic carbocycles. The largest absolute Gasteiger partial charge is 0.329 e. The summed E-state index contributed by atoms with van der Waals surface area (Å²) in [5.41, 5.74) is 5.23. The van der Waals surface area contributed by atoms with Crippen molar-refractivity contribution in [2.24, 2.45) is 11.7 Å². The Labute approximate surface area is 136 Å². The predicted octanol–water partition coefficient (Wildman–Crippen LogP) is 2.06. The average Bonchev–Trinajstić information content (AvgIpc) is 3.31. The Hall–Kier alpha value is -1.21. The van der Waals surface area contributed by atoms with Crippen LogP contribution in [0.25, 0.3) is 10.8 Å². The first-order chi connectivity index (χ1) is 9.96. The Bertz CT molecular complexity index is 772. The number of halogens is 1. The van der Waals surface area contributed by atoms with E-state index in [9.17, 15) is 8.42 Å². The van der Waals surface area contributed by atoms with Gasteiger partial charge in [-0.05, 0) is 37.8 Å². The Morgan fingerprint density at radius 2 is 2.09 bits per heavy atom. The van der Waals surface area contributed by atoms with Gasteiger partial charge in [0, 0.05) is 35.2 Å². The third-order valence-electron chi connectivity index (χ3n) is 4.20. The van der Waals surface area contributed by atoms with Crippen molar-refractivity contribution in [3.8, 4) is 0 Å². The SMILES string of the molecule is CC(CN)(NS(=O)(=O)c1cccc2cnccc12)C1CC1.Cl. The van der Waals surface area contributed by atoms with Gasteiger partial charge in [-0.15, -0.1) is 12.4 Å². The van der Waals surface area contributed by atoms with Crippen LogP contribution in [0.4, 0.5) is 0 Å².